The maximum absolute atomic E-state index is 12.1. The number of pyridine rings is 1. The van der Waals surface area contributed by atoms with Crippen LogP contribution in [0.5, 0.6) is 0 Å². The summed E-state index contributed by atoms with van der Waals surface area (Å²) in [5.41, 5.74) is 7.50. The molecular formula is C14H14ClN3O. The van der Waals surface area contributed by atoms with Crippen molar-refractivity contribution in [1.29, 1.82) is 0 Å². The smallest absolute Gasteiger partial charge is 0.251 e. The molecule has 0 radical (unpaired) electrons. The quantitative estimate of drug-likeness (QED) is 0.847. The zero-order valence-electron chi connectivity index (χ0n) is 10.4. The van der Waals surface area contributed by atoms with Crippen molar-refractivity contribution in [3.05, 3.63) is 58.9 Å². The third-order valence-electron chi connectivity index (χ3n) is 2.79. The lowest BCUT2D eigenvalue weighted by Gasteiger charge is -2.14. The predicted octanol–water partition coefficient (Wildman–Crippen LogP) is 2.81. The number of carbonyl (C=O) groups excluding carboxylic acids is 1. The van der Waals surface area contributed by atoms with E-state index in [2.05, 4.69) is 10.3 Å². The van der Waals surface area contributed by atoms with Crippen molar-refractivity contribution in [2.24, 2.45) is 0 Å². The van der Waals surface area contributed by atoms with E-state index < -0.39 is 0 Å². The summed E-state index contributed by atoms with van der Waals surface area (Å²) in [5, 5.41) is 3.32. The van der Waals surface area contributed by atoms with E-state index in [1.54, 1.807) is 30.6 Å². The third-order valence-corrected chi connectivity index (χ3v) is 3.13. The topological polar surface area (TPSA) is 68.0 Å². The minimum absolute atomic E-state index is 0.127. The van der Waals surface area contributed by atoms with Crippen LogP contribution in [-0.2, 0) is 0 Å². The maximum Gasteiger partial charge on any atom is 0.251 e. The van der Waals surface area contributed by atoms with E-state index in [0.717, 1.165) is 5.56 Å². The summed E-state index contributed by atoms with van der Waals surface area (Å²) >= 11 is 5.82. The Bertz CT molecular complexity index is 586. The number of nitrogens with two attached hydrogens (primary N) is 1. The summed E-state index contributed by atoms with van der Waals surface area (Å²) in [6, 6.07) is 8.43. The minimum atomic E-state index is -0.195. The Morgan fingerprint density at radius 3 is 2.84 bits per heavy atom. The van der Waals surface area contributed by atoms with Crippen LogP contribution in [-0.4, -0.2) is 10.9 Å². The highest BCUT2D eigenvalue weighted by Crippen LogP contribution is 2.20. The average molecular weight is 276 g/mol. The highest BCUT2D eigenvalue weighted by Gasteiger charge is 2.12. The van der Waals surface area contributed by atoms with Crippen molar-refractivity contribution in [2.45, 2.75) is 13.0 Å². The summed E-state index contributed by atoms with van der Waals surface area (Å²) in [6.45, 7) is 1.90. The van der Waals surface area contributed by atoms with E-state index in [0.29, 0.717) is 16.3 Å². The number of aromatic nitrogens is 1. The summed E-state index contributed by atoms with van der Waals surface area (Å²) < 4.78 is 0. The molecule has 4 nitrogen and oxygen atoms in total. The van der Waals surface area contributed by atoms with Crippen LogP contribution in [0, 0.1) is 0 Å². The molecule has 1 aromatic heterocycles. The molecule has 0 aliphatic heterocycles. The molecule has 5 heteroatoms. The van der Waals surface area contributed by atoms with Gasteiger partial charge in [0, 0.05) is 18.0 Å². The molecule has 2 aromatic rings. The number of amides is 1. The molecule has 0 saturated carbocycles. The van der Waals surface area contributed by atoms with Crippen molar-refractivity contribution >= 4 is 23.2 Å². The molecule has 19 heavy (non-hydrogen) atoms. The molecule has 0 bridgehead atoms. The van der Waals surface area contributed by atoms with E-state index in [4.69, 9.17) is 17.3 Å². The SMILES string of the molecule is C[C@@H](NC(=O)c1ccc(Cl)c(N)c1)c1cccnc1. The number of nitrogen functional groups attached to an aromatic ring is 1. The van der Waals surface area contributed by atoms with Crippen LogP contribution in [0.1, 0.15) is 28.9 Å². The zero-order valence-corrected chi connectivity index (χ0v) is 11.2. The standard InChI is InChI=1S/C14H14ClN3O/c1-9(11-3-2-6-17-8-11)18-14(19)10-4-5-12(15)13(16)7-10/h2-9H,16H2,1H3,(H,18,19)/t9-/m1/s1. The van der Waals surface area contributed by atoms with Crippen molar-refractivity contribution in [1.82, 2.24) is 10.3 Å². The number of anilines is 1. The fourth-order valence-corrected chi connectivity index (χ4v) is 1.80. The highest BCUT2D eigenvalue weighted by molar-refractivity contribution is 6.33. The minimum Gasteiger partial charge on any atom is -0.398 e. The van der Waals surface area contributed by atoms with Crippen molar-refractivity contribution in [3.8, 4) is 0 Å². The molecule has 1 heterocycles. The Morgan fingerprint density at radius 1 is 1.42 bits per heavy atom. The van der Waals surface area contributed by atoms with Crippen LogP contribution >= 0.6 is 11.6 Å². The molecule has 0 fully saturated rings. The lowest BCUT2D eigenvalue weighted by molar-refractivity contribution is 0.0940. The normalized spacial score (nSPS) is 11.9. The predicted molar refractivity (Wildman–Crippen MR) is 76.0 cm³/mol. The van der Waals surface area contributed by atoms with Gasteiger partial charge < -0.3 is 11.1 Å². The van der Waals surface area contributed by atoms with Gasteiger partial charge in [-0.2, -0.15) is 0 Å². The third kappa shape index (κ3) is 3.23. The van der Waals surface area contributed by atoms with E-state index >= 15 is 0 Å². The first-order chi connectivity index (χ1) is 9.08. The Balaban J connectivity index is 2.11. The second-order valence-corrected chi connectivity index (χ2v) is 4.63. The largest absolute Gasteiger partial charge is 0.398 e. The monoisotopic (exact) mass is 275 g/mol. The van der Waals surface area contributed by atoms with Crippen LogP contribution < -0.4 is 11.1 Å². The highest BCUT2D eigenvalue weighted by atomic mass is 35.5. The fraction of sp³-hybridized carbons (Fsp3) is 0.143. The summed E-state index contributed by atoms with van der Waals surface area (Å²) in [6.07, 6.45) is 3.42. The van der Waals surface area contributed by atoms with Crippen molar-refractivity contribution in [2.75, 3.05) is 5.73 Å². The number of rotatable bonds is 3. The van der Waals surface area contributed by atoms with Crippen molar-refractivity contribution in [3.63, 3.8) is 0 Å². The first-order valence-electron chi connectivity index (χ1n) is 5.83. The summed E-state index contributed by atoms with van der Waals surface area (Å²) in [5.74, 6) is -0.195. The molecule has 0 saturated heterocycles. The molecule has 2 rings (SSSR count). The number of carbonyl (C=O) groups is 1. The van der Waals surface area contributed by atoms with Gasteiger partial charge in [-0.1, -0.05) is 17.7 Å². The molecule has 0 aliphatic rings. The number of hydrogen-bond acceptors (Lipinski definition) is 3. The lowest BCUT2D eigenvalue weighted by Crippen LogP contribution is -2.26. The Hall–Kier alpha value is -2.07. The molecule has 1 atom stereocenters. The number of halogens is 1. The van der Waals surface area contributed by atoms with Gasteiger partial charge in [0.05, 0.1) is 16.8 Å². The number of nitrogens with one attached hydrogen (secondary N) is 1. The number of hydrogen-bond donors (Lipinski definition) is 2. The van der Waals surface area contributed by atoms with Crippen LogP contribution in [0.2, 0.25) is 5.02 Å². The molecule has 0 spiro atoms. The lowest BCUT2D eigenvalue weighted by atomic mass is 10.1. The second kappa shape index (κ2) is 5.71. The van der Waals surface area contributed by atoms with Crippen LogP contribution in [0.25, 0.3) is 0 Å². The van der Waals surface area contributed by atoms with Crippen LogP contribution in [0.4, 0.5) is 5.69 Å². The summed E-state index contributed by atoms with van der Waals surface area (Å²) in [4.78, 5) is 16.1. The Kier molecular flexibility index (Phi) is 4.02. The van der Waals surface area contributed by atoms with Gasteiger partial charge in [0.1, 0.15) is 0 Å². The van der Waals surface area contributed by atoms with E-state index in [1.807, 2.05) is 19.1 Å². The molecule has 0 aliphatic carbocycles. The molecule has 1 aromatic carbocycles. The molecule has 3 N–H and O–H groups in total. The Morgan fingerprint density at radius 2 is 2.21 bits per heavy atom. The average Bonchev–Trinajstić information content (AvgIpc) is 2.42. The maximum atomic E-state index is 12.1. The van der Waals surface area contributed by atoms with Crippen molar-refractivity contribution < 1.29 is 4.79 Å². The summed E-state index contributed by atoms with van der Waals surface area (Å²) in [7, 11) is 0. The van der Waals surface area contributed by atoms with E-state index in [9.17, 15) is 4.79 Å². The van der Waals surface area contributed by atoms with Gasteiger partial charge in [0.15, 0.2) is 0 Å². The molecular weight excluding hydrogens is 262 g/mol. The first kappa shape index (κ1) is 13.4. The van der Waals surface area contributed by atoms with Gasteiger partial charge in [-0.3, -0.25) is 9.78 Å². The first-order valence-corrected chi connectivity index (χ1v) is 6.21. The van der Waals surface area contributed by atoms with Crippen LogP contribution in [0.15, 0.2) is 42.7 Å². The number of benzene rings is 1. The van der Waals surface area contributed by atoms with Gasteiger partial charge in [-0.15, -0.1) is 0 Å². The van der Waals surface area contributed by atoms with Gasteiger partial charge in [0.25, 0.3) is 5.91 Å². The number of nitrogens with zero attached hydrogens (tertiary/aromatic N) is 1. The fourth-order valence-electron chi connectivity index (χ4n) is 1.68. The van der Waals surface area contributed by atoms with Crippen LogP contribution in [0.3, 0.4) is 0 Å². The van der Waals surface area contributed by atoms with E-state index in [1.165, 1.54) is 0 Å². The Labute approximate surface area is 116 Å². The molecule has 0 unspecified atom stereocenters. The van der Waals surface area contributed by atoms with Gasteiger partial charge >= 0.3 is 0 Å². The molecule has 1 amide bonds. The molecule has 98 valence electrons. The van der Waals surface area contributed by atoms with Gasteiger partial charge in [-0.05, 0) is 36.8 Å². The van der Waals surface area contributed by atoms with Gasteiger partial charge in [-0.25, -0.2) is 0 Å². The zero-order chi connectivity index (χ0) is 13.8. The van der Waals surface area contributed by atoms with E-state index in [-0.39, 0.29) is 11.9 Å². The second-order valence-electron chi connectivity index (χ2n) is 4.22. The van der Waals surface area contributed by atoms with Gasteiger partial charge in [0.2, 0.25) is 0 Å².